The molecule has 1 saturated heterocycles. The minimum Gasteiger partial charge on any atom is -0.545 e. The van der Waals surface area contributed by atoms with E-state index in [2.05, 4.69) is 20.6 Å². The van der Waals surface area contributed by atoms with Crippen LogP contribution < -0.4 is 0 Å². The van der Waals surface area contributed by atoms with Crippen molar-refractivity contribution in [1.82, 2.24) is 4.90 Å². The Kier molecular flexibility index (Phi) is 18.4. The molecular weight excluding hydrogens is 439 g/mol. The van der Waals surface area contributed by atoms with Crippen LogP contribution in [0.3, 0.4) is 0 Å². The molecule has 1 heterocycles. The van der Waals surface area contributed by atoms with Gasteiger partial charge in [-0.2, -0.15) is 19.8 Å². The maximum absolute atomic E-state index is 11.1. The van der Waals surface area contributed by atoms with Crippen molar-refractivity contribution >= 4 is 12.7 Å². The first kappa shape index (κ1) is 21.2. The molecule has 3 nitrogen and oxygen atoms in total. The molecule has 1 aliphatic rings. The molecule has 0 bridgehead atoms. The van der Waals surface area contributed by atoms with Gasteiger partial charge < -0.3 is 22.5 Å². The smallest absolute Gasteiger partial charge is 0.545 e. The van der Waals surface area contributed by atoms with E-state index in [0.717, 1.165) is 25.9 Å². The van der Waals surface area contributed by atoms with Crippen molar-refractivity contribution in [3.8, 4) is 0 Å². The normalized spacial score (nSPS) is 15.2. The zero-order valence-corrected chi connectivity index (χ0v) is 14.8. The Bertz CT molecular complexity index is 162. The molecule has 0 spiro atoms. The van der Waals surface area contributed by atoms with Gasteiger partial charge in [0.2, 0.25) is 0 Å². The van der Waals surface area contributed by atoms with Gasteiger partial charge in [0.15, 0.2) is 5.91 Å². The Morgan fingerprint density at radius 2 is 1.80 bits per heavy atom. The third-order valence-corrected chi connectivity index (χ3v) is 2.18. The van der Waals surface area contributed by atoms with Gasteiger partial charge >= 0.3 is 21.1 Å². The molecule has 1 aliphatic heterocycles. The Balaban J connectivity index is -0.000000339. The van der Waals surface area contributed by atoms with E-state index in [4.69, 9.17) is 4.79 Å². The number of rotatable bonds is 1. The molecule has 0 atom stereocenters. The maximum Gasteiger partial charge on any atom is 2.00 e. The second-order valence-electron chi connectivity index (χ2n) is 3.09. The summed E-state index contributed by atoms with van der Waals surface area (Å²) in [6.45, 7) is 10.8. The third-order valence-electron chi connectivity index (χ3n) is 2.18. The average Bonchev–Trinajstić information content (AvgIpc) is 2.21. The first-order valence-electron chi connectivity index (χ1n) is 4.36. The molecule has 1 fully saturated rings. The molecule has 1 radical (unpaired) electrons. The van der Waals surface area contributed by atoms with E-state index < -0.39 is 0 Å². The molecule has 0 aromatic carbocycles. The summed E-state index contributed by atoms with van der Waals surface area (Å²) in [5.74, 6) is 1.70. The number of likely N-dealkylation sites (tertiary alicyclic amines) is 1. The van der Waals surface area contributed by atoms with E-state index in [1.54, 1.807) is 0 Å². The van der Waals surface area contributed by atoms with Crippen LogP contribution in [0.5, 0.6) is 0 Å². The molecule has 5 heteroatoms. The molecule has 15 heavy (non-hydrogen) atoms. The second kappa shape index (κ2) is 13.0. The van der Waals surface area contributed by atoms with Crippen LogP contribution in [0.15, 0.2) is 0 Å². The molecule has 0 aliphatic carbocycles. The zero-order chi connectivity index (χ0) is 10.3. The number of piperidine rings is 1. The van der Waals surface area contributed by atoms with Crippen molar-refractivity contribution in [2.24, 2.45) is 0 Å². The van der Waals surface area contributed by atoms with Crippen LogP contribution in [0.1, 0.15) is 26.2 Å². The van der Waals surface area contributed by atoms with Gasteiger partial charge in [-0.1, -0.05) is 0 Å². The summed E-state index contributed by atoms with van der Waals surface area (Å²) in [7, 11) is 0. The predicted molar refractivity (Wildman–Crippen MR) is 51.5 cm³/mol. The molecule has 0 N–H and O–H groups in total. The minimum absolute atomic E-state index is 0. The first-order chi connectivity index (χ1) is 6.24. The van der Waals surface area contributed by atoms with Crippen LogP contribution in [0, 0.1) is 12.8 Å². The Morgan fingerprint density at radius 1 is 1.40 bits per heavy atom. The van der Waals surface area contributed by atoms with Gasteiger partial charge in [0.1, 0.15) is 0 Å². The van der Waals surface area contributed by atoms with Crippen molar-refractivity contribution in [3.63, 3.8) is 0 Å². The minimum atomic E-state index is 0. The molecule has 0 saturated carbocycles. The number of nitrogens with zero attached hydrogens (tertiary/aromatic N) is 1. The fourth-order valence-electron chi connectivity index (χ4n) is 1.30. The summed E-state index contributed by atoms with van der Waals surface area (Å²) < 4.78 is 0. The summed E-state index contributed by atoms with van der Waals surface area (Å²) >= 11 is 0. The summed E-state index contributed by atoms with van der Waals surface area (Å²) in [5.41, 5.74) is 0. The summed E-state index contributed by atoms with van der Waals surface area (Å²) in [6.07, 6.45) is 2.55. The zero-order valence-electron chi connectivity index (χ0n) is 9.07. The van der Waals surface area contributed by atoms with Crippen molar-refractivity contribution in [2.45, 2.75) is 26.2 Å². The van der Waals surface area contributed by atoms with Crippen LogP contribution >= 0.6 is 0 Å². The SMILES string of the molecule is [CH-]=O.[CH2-]CC(=O)N1CC[C-](C)CC1.[W+2].[Y]. The van der Waals surface area contributed by atoms with Gasteiger partial charge in [0.05, 0.1) is 0 Å². The number of hydrogen-bond acceptors (Lipinski definition) is 2. The average molecular weight is 455 g/mol. The van der Waals surface area contributed by atoms with Gasteiger partial charge in [0, 0.05) is 32.7 Å². The maximum atomic E-state index is 11.1. The van der Waals surface area contributed by atoms with E-state index in [-0.39, 0.29) is 59.7 Å². The van der Waals surface area contributed by atoms with Gasteiger partial charge in [0.25, 0.3) is 0 Å². The largest absolute Gasteiger partial charge is 2.00 e. The molecule has 1 rings (SSSR count). The Morgan fingerprint density at radius 3 is 2.13 bits per heavy atom. The molecular formula is C10H16NO2WY-. The summed E-state index contributed by atoms with van der Waals surface area (Å²) in [5, 5.41) is 0. The summed E-state index contributed by atoms with van der Waals surface area (Å²) in [6, 6.07) is 0. The fraction of sp³-hybridized carbons (Fsp3) is 0.600. The molecule has 0 unspecified atom stereocenters. The Hall–Kier alpha value is 0.932. The Labute approximate surface area is 132 Å². The topological polar surface area (TPSA) is 37.4 Å². The van der Waals surface area contributed by atoms with Crippen molar-refractivity contribution in [1.29, 1.82) is 0 Å². The van der Waals surface area contributed by atoms with Crippen LogP contribution in [0.4, 0.5) is 0 Å². The van der Waals surface area contributed by atoms with E-state index in [0.29, 0.717) is 6.42 Å². The molecule has 0 aromatic rings. The predicted octanol–water partition coefficient (Wildman–Crippen LogP) is 1.15. The van der Waals surface area contributed by atoms with Crippen LogP contribution in [0.25, 0.3) is 0 Å². The first-order valence-corrected chi connectivity index (χ1v) is 4.36. The van der Waals surface area contributed by atoms with Crippen LogP contribution in [-0.4, -0.2) is 30.7 Å². The summed E-state index contributed by atoms with van der Waals surface area (Å²) in [4.78, 5) is 20.8. The van der Waals surface area contributed by atoms with Gasteiger partial charge in [-0.15, -0.1) is 6.42 Å². The van der Waals surface area contributed by atoms with Crippen molar-refractivity contribution in [2.75, 3.05) is 13.1 Å². The quantitative estimate of drug-likeness (QED) is 0.440. The fourth-order valence-corrected chi connectivity index (χ4v) is 1.30. The van der Waals surface area contributed by atoms with E-state index in [1.807, 2.05) is 4.90 Å². The molecule has 1 amide bonds. The van der Waals surface area contributed by atoms with Gasteiger partial charge in [-0.25, -0.2) is 0 Å². The number of hydrogen-bond donors (Lipinski definition) is 0. The van der Waals surface area contributed by atoms with Crippen LogP contribution in [-0.2, 0) is 63.4 Å². The van der Waals surface area contributed by atoms with Crippen molar-refractivity contribution < 1.29 is 63.4 Å². The second-order valence-corrected chi connectivity index (χ2v) is 3.09. The number of amides is 1. The number of carbonyl (C=O) groups excluding carboxylic acids is 2. The van der Waals surface area contributed by atoms with Gasteiger partial charge in [-0.05, 0) is 13.1 Å². The van der Waals surface area contributed by atoms with Gasteiger partial charge in [-0.3, -0.25) is 11.6 Å². The molecule has 83 valence electrons. The third kappa shape index (κ3) is 8.71. The molecule has 0 aromatic heterocycles. The van der Waals surface area contributed by atoms with E-state index in [9.17, 15) is 4.79 Å². The monoisotopic (exact) mass is 455 g/mol. The van der Waals surface area contributed by atoms with Crippen molar-refractivity contribution in [3.05, 3.63) is 12.8 Å². The van der Waals surface area contributed by atoms with E-state index in [1.165, 1.54) is 5.92 Å². The van der Waals surface area contributed by atoms with E-state index >= 15 is 0 Å². The standard InChI is InChI=1S/C9H15NO.CHO.W.Y/c1-3-9(11)10-6-4-8(2)5-7-10;1-2;;/h1,3-7H2,2H3;1H;;/q-2;-1;+2;. The number of carbonyl (C=O) groups is 1. The van der Waals surface area contributed by atoms with Crippen LogP contribution in [0.2, 0.25) is 0 Å².